The fourth-order valence-electron chi connectivity index (χ4n) is 5.58. The maximum Gasteiger partial charge on any atom is 0.483 e. The molecule has 0 saturated carbocycles. The predicted octanol–water partition coefficient (Wildman–Crippen LogP) is 0.648. The molecular formula is C31H56N2O17P2. The number of ether oxygens (including phenoxy) is 3. The highest BCUT2D eigenvalue weighted by atomic mass is 31.3. The first-order chi connectivity index (χ1) is 24.2. The standard InChI is InChI=1S/C31H56N2O17P2/c1-17(2)9-7-10-18(3)11-8-12-19(4)13-14-45-51(41,42)50-52(43,44)49-31-25(33-21(6)37)28(40)29(23(16-35)47-31)48-30-24(32-20(5)36)27(39)26(38)22(15-34)46-30/h9,11,19,22-31,34-35,38-40H,7-8,10,12-16H2,1-6H3,(H,32,36)(H,33,37)(H,41,42)(H,43,44)/b18-11+/t19?,22-,23-,24-,25-,26-,27-,28-,29-,30+,31+/m1/s1. The number of amides is 2. The van der Waals surface area contributed by atoms with Crippen LogP contribution in [0, 0.1) is 5.92 Å². The zero-order chi connectivity index (χ0) is 39.4. The van der Waals surface area contributed by atoms with Gasteiger partial charge >= 0.3 is 15.6 Å². The number of aliphatic hydroxyl groups excluding tert-OH is 5. The van der Waals surface area contributed by atoms with Crippen molar-refractivity contribution in [1.82, 2.24) is 10.6 Å². The van der Waals surface area contributed by atoms with Crippen LogP contribution in [0.5, 0.6) is 0 Å². The molecule has 2 rings (SSSR count). The molecule has 2 saturated heterocycles. The third-order valence-electron chi connectivity index (χ3n) is 8.32. The Kier molecular flexibility index (Phi) is 19.2. The van der Waals surface area contributed by atoms with Gasteiger partial charge in [-0.3, -0.25) is 18.6 Å². The molecule has 0 aromatic rings. The molecule has 0 spiro atoms. The molecule has 2 amide bonds. The number of allylic oxidation sites excluding steroid dienone is 4. The predicted molar refractivity (Wildman–Crippen MR) is 183 cm³/mol. The zero-order valence-corrected chi connectivity index (χ0v) is 32.1. The van der Waals surface area contributed by atoms with Gasteiger partial charge in [0.05, 0.1) is 19.8 Å². The van der Waals surface area contributed by atoms with Gasteiger partial charge in [-0.2, -0.15) is 4.31 Å². The molecule has 19 nitrogen and oxygen atoms in total. The molecule has 0 aliphatic carbocycles. The van der Waals surface area contributed by atoms with Crippen molar-refractivity contribution in [2.45, 2.75) is 135 Å². The van der Waals surface area contributed by atoms with Gasteiger partial charge in [-0.25, -0.2) is 9.13 Å². The van der Waals surface area contributed by atoms with Crippen LogP contribution in [0.1, 0.15) is 73.6 Å². The first-order valence-electron chi connectivity index (χ1n) is 17.0. The molecule has 0 bridgehead atoms. The number of hydrogen-bond acceptors (Lipinski definition) is 15. The fourth-order valence-corrected chi connectivity index (χ4v) is 7.74. The second-order valence-corrected chi connectivity index (χ2v) is 16.3. The minimum atomic E-state index is -5.56. The molecular weight excluding hydrogens is 734 g/mol. The van der Waals surface area contributed by atoms with Crippen molar-refractivity contribution in [2.75, 3.05) is 19.8 Å². The Hall–Kier alpha value is -1.64. The molecule has 2 fully saturated rings. The van der Waals surface area contributed by atoms with Crippen molar-refractivity contribution < 1.29 is 81.6 Å². The van der Waals surface area contributed by atoms with Gasteiger partial charge in [0.1, 0.15) is 48.7 Å². The first-order valence-corrected chi connectivity index (χ1v) is 19.9. The zero-order valence-electron chi connectivity index (χ0n) is 30.3. The van der Waals surface area contributed by atoms with Crippen LogP contribution >= 0.6 is 15.6 Å². The fraction of sp³-hybridized carbons (Fsp3) is 0.806. The Balaban J connectivity index is 2.08. The summed E-state index contributed by atoms with van der Waals surface area (Å²) in [6.45, 7) is 8.13. The van der Waals surface area contributed by atoms with E-state index in [0.29, 0.717) is 6.42 Å². The van der Waals surface area contributed by atoms with Crippen molar-refractivity contribution in [3.63, 3.8) is 0 Å². The highest BCUT2D eigenvalue weighted by molar-refractivity contribution is 7.61. The van der Waals surface area contributed by atoms with Crippen LogP contribution in [0.2, 0.25) is 0 Å². The molecule has 0 aromatic heterocycles. The molecule has 2 aliphatic heterocycles. The summed E-state index contributed by atoms with van der Waals surface area (Å²) < 4.78 is 56.6. The molecule has 302 valence electrons. The number of nitrogens with one attached hydrogen (secondary N) is 2. The van der Waals surface area contributed by atoms with E-state index >= 15 is 0 Å². The van der Waals surface area contributed by atoms with Crippen molar-refractivity contribution in [1.29, 1.82) is 0 Å². The van der Waals surface area contributed by atoms with E-state index in [1.165, 1.54) is 11.1 Å². The molecule has 3 unspecified atom stereocenters. The van der Waals surface area contributed by atoms with Crippen LogP contribution in [0.25, 0.3) is 0 Å². The quantitative estimate of drug-likeness (QED) is 0.0604. The van der Waals surface area contributed by atoms with Gasteiger partial charge in [-0.05, 0) is 58.8 Å². The lowest BCUT2D eigenvalue weighted by atomic mass is 9.94. The highest BCUT2D eigenvalue weighted by Crippen LogP contribution is 2.61. The van der Waals surface area contributed by atoms with E-state index in [1.54, 1.807) is 0 Å². The van der Waals surface area contributed by atoms with Crippen LogP contribution in [-0.4, -0.2) is 128 Å². The van der Waals surface area contributed by atoms with Crippen LogP contribution in [-0.2, 0) is 46.3 Å². The van der Waals surface area contributed by atoms with Crippen molar-refractivity contribution in [3.05, 3.63) is 23.3 Å². The van der Waals surface area contributed by atoms with Gasteiger partial charge in [0, 0.05) is 13.8 Å². The number of carbonyl (C=O) groups excluding carboxylic acids is 2. The number of phosphoric acid groups is 2. The molecule has 2 aliphatic rings. The molecule has 0 aromatic carbocycles. The average Bonchev–Trinajstić information content (AvgIpc) is 3.02. The lowest BCUT2D eigenvalue weighted by Gasteiger charge is -2.48. The maximum absolute atomic E-state index is 12.9. The Morgan fingerprint density at radius 3 is 1.92 bits per heavy atom. The molecule has 13 atom stereocenters. The van der Waals surface area contributed by atoms with Crippen LogP contribution in [0.15, 0.2) is 23.3 Å². The monoisotopic (exact) mass is 790 g/mol. The summed E-state index contributed by atoms with van der Waals surface area (Å²) in [6.07, 6.45) is -5.77. The highest BCUT2D eigenvalue weighted by Gasteiger charge is 2.53. The van der Waals surface area contributed by atoms with E-state index in [0.717, 1.165) is 39.5 Å². The smallest absolute Gasteiger partial charge is 0.394 e. The van der Waals surface area contributed by atoms with E-state index in [2.05, 4.69) is 34.0 Å². The topological polar surface area (TPSA) is 289 Å². The average molecular weight is 791 g/mol. The summed E-state index contributed by atoms with van der Waals surface area (Å²) in [6, 6.07) is -3.22. The number of aliphatic hydroxyl groups is 5. The first kappa shape index (κ1) is 46.5. The summed E-state index contributed by atoms with van der Waals surface area (Å²) >= 11 is 0. The van der Waals surface area contributed by atoms with Crippen LogP contribution in [0.4, 0.5) is 0 Å². The lowest BCUT2D eigenvalue weighted by Crippen LogP contribution is -2.69. The summed E-state index contributed by atoms with van der Waals surface area (Å²) in [7, 11) is -10.8. The molecule has 2 heterocycles. The largest absolute Gasteiger partial charge is 0.483 e. The normalized spacial score (nSPS) is 32.6. The third-order valence-corrected chi connectivity index (χ3v) is 11.0. The number of phosphoric ester groups is 2. The number of rotatable bonds is 20. The van der Waals surface area contributed by atoms with Gasteiger partial charge < -0.3 is 60.2 Å². The Morgan fingerprint density at radius 1 is 0.788 bits per heavy atom. The van der Waals surface area contributed by atoms with E-state index < -0.39 is 102 Å². The van der Waals surface area contributed by atoms with Gasteiger partial charge in [-0.15, -0.1) is 0 Å². The summed E-state index contributed by atoms with van der Waals surface area (Å²) in [4.78, 5) is 44.5. The minimum Gasteiger partial charge on any atom is -0.394 e. The van der Waals surface area contributed by atoms with Gasteiger partial charge in [0.2, 0.25) is 11.8 Å². The SMILES string of the molecule is CC(=O)N[C@H]1[C@H](OP(=O)(O)OP(=O)(O)OCCC(C)CC/C=C(\C)CCC=C(C)C)O[C@H](CO)[C@@H](O[C@@H]2O[C@H](CO)[C@@H](O)[C@H](O)[C@H]2NC(C)=O)[C@@H]1O. The molecule has 21 heteroatoms. The Morgan fingerprint density at radius 2 is 1.37 bits per heavy atom. The Bertz CT molecular complexity index is 1310. The molecule has 52 heavy (non-hydrogen) atoms. The summed E-state index contributed by atoms with van der Waals surface area (Å²) in [5, 5.41) is 56.4. The second-order valence-electron chi connectivity index (χ2n) is 13.3. The minimum absolute atomic E-state index is 0.0653. The summed E-state index contributed by atoms with van der Waals surface area (Å²) in [5.41, 5.74) is 2.51. The number of carbonyl (C=O) groups is 2. The number of hydrogen-bond donors (Lipinski definition) is 9. The van der Waals surface area contributed by atoms with E-state index in [1.807, 2.05) is 20.8 Å². The van der Waals surface area contributed by atoms with Gasteiger partial charge in [0.25, 0.3) is 0 Å². The molecule has 9 N–H and O–H groups in total. The van der Waals surface area contributed by atoms with Crippen molar-refractivity contribution in [3.8, 4) is 0 Å². The van der Waals surface area contributed by atoms with Gasteiger partial charge in [0.15, 0.2) is 12.6 Å². The van der Waals surface area contributed by atoms with Crippen molar-refractivity contribution in [2.24, 2.45) is 5.92 Å². The van der Waals surface area contributed by atoms with Crippen LogP contribution in [0.3, 0.4) is 0 Å². The van der Waals surface area contributed by atoms with E-state index in [-0.39, 0.29) is 12.5 Å². The molecule has 0 radical (unpaired) electrons. The Labute approximate surface area is 303 Å². The maximum atomic E-state index is 12.9. The van der Waals surface area contributed by atoms with Gasteiger partial charge in [-0.1, -0.05) is 30.2 Å². The third kappa shape index (κ3) is 15.2. The van der Waals surface area contributed by atoms with Crippen LogP contribution < -0.4 is 10.6 Å². The van der Waals surface area contributed by atoms with E-state index in [4.69, 9.17) is 23.3 Å². The lowest BCUT2D eigenvalue weighted by molar-refractivity contribution is -0.325. The van der Waals surface area contributed by atoms with Crippen molar-refractivity contribution >= 4 is 27.5 Å². The van der Waals surface area contributed by atoms with E-state index in [9.17, 15) is 54.0 Å². The summed E-state index contributed by atoms with van der Waals surface area (Å²) in [5.74, 6) is -1.42. The second kappa shape index (κ2) is 21.5.